The zero-order valence-corrected chi connectivity index (χ0v) is 10.9. The lowest BCUT2D eigenvalue weighted by atomic mass is 10.0. The van der Waals surface area contributed by atoms with E-state index in [0.717, 1.165) is 17.7 Å². The van der Waals surface area contributed by atoms with Crippen molar-refractivity contribution in [1.29, 1.82) is 0 Å². The minimum atomic E-state index is -0.370. The second kappa shape index (κ2) is 6.24. The van der Waals surface area contributed by atoms with Gasteiger partial charge >= 0.3 is 0 Å². The first kappa shape index (κ1) is 13.4. The summed E-state index contributed by atoms with van der Waals surface area (Å²) in [6, 6.07) is 4.75. The van der Waals surface area contributed by atoms with Gasteiger partial charge in [-0.05, 0) is 24.2 Å². The number of methoxy groups -OCH3 is 1. The van der Waals surface area contributed by atoms with Crippen molar-refractivity contribution in [2.24, 2.45) is 0 Å². The second-order valence-corrected chi connectivity index (χ2v) is 4.06. The summed E-state index contributed by atoms with van der Waals surface area (Å²) < 4.78 is 18.5. The van der Waals surface area contributed by atoms with E-state index in [4.69, 9.17) is 4.74 Å². The van der Waals surface area contributed by atoms with Crippen molar-refractivity contribution in [1.82, 2.24) is 15.3 Å². The molecule has 100 valence electrons. The van der Waals surface area contributed by atoms with Gasteiger partial charge in [-0.1, -0.05) is 13.0 Å². The molecule has 0 aliphatic heterocycles. The van der Waals surface area contributed by atoms with Gasteiger partial charge in [0.15, 0.2) is 11.6 Å². The maximum atomic E-state index is 13.5. The summed E-state index contributed by atoms with van der Waals surface area (Å²) >= 11 is 0. The molecule has 19 heavy (non-hydrogen) atoms. The molecule has 0 aliphatic carbocycles. The Morgan fingerprint density at radius 2 is 2.00 bits per heavy atom. The van der Waals surface area contributed by atoms with Crippen molar-refractivity contribution in [3.8, 4) is 5.75 Å². The summed E-state index contributed by atoms with van der Waals surface area (Å²) in [6.45, 7) is 2.79. The van der Waals surface area contributed by atoms with Crippen LogP contribution in [-0.4, -0.2) is 23.6 Å². The number of nitrogens with zero attached hydrogens (tertiary/aromatic N) is 2. The van der Waals surface area contributed by atoms with Crippen LogP contribution in [0.2, 0.25) is 0 Å². The molecule has 0 saturated heterocycles. The fourth-order valence-electron chi connectivity index (χ4n) is 1.95. The Labute approximate surface area is 111 Å². The van der Waals surface area contributed by atoms with Crippen LogP contribution in [0.15, 0.2) is 36.9 Å². The van der Waals surface area contributed by atoms with Crippen LogP contribution in [0.25, 0.3) is 0 Å². The standard InChI is InChI=1S/C14H16FN3O/c1-3-18-14(11-7-16-9-17-8-11)10-4-5-12(15)13(6-10)19-2/h4-9,14,18H,3H2,1-2H3. The molecule has 0 radical (unpaired) electrons. The molecule has 0 fully saturated rings. The Kier molecular flexibility index (Phi) is 4.41. The smallest absolute Gasteiger partial charge is 0.165 e. The maximum absolute atomic E-state index is 13.5. The summed E-state index contributed by atoms with van der Waals surface area (Å²) in [7, 11) is 1.45. The summed E-state index contributed by atoms with van der Waals surface area (Å²) in [5.74, 6) is -0.136. The highest BCUT2D eigenvalue weighted by Gasteiger charge is 2.15. The monoisotopic (exact) mass is 261 g/mol. The zero-order chi connectivity index (χ0) is 13.7. The van der Waals surface area contributed by atoms with Crippen LogP contribution in [0, 0.1) is 5.82 Å². The van der Waals surface area contributed by atoms with Gasteiger partial charge in [-0.15, -0.1) is 0 Å². The third-order valence-electron chi connectivity index (χ3n) is 2.83. The van der Waals surface area contributed by atoms with E-state index in [9.17, 15) is 4.39 Å². The number of halogens is 1. The van der Waals surface area contributed by atoms with Gasteiger partial charge < -0.3 is 10.1 Å². The maximum Gasteiger partial charge on any atom is 0.165 e. The number of rotatable bonds is 5. The molecule has 4 nitrogen and oxygen atoms in total. The van der Waals surface area contributed by atoms with Crippen LogP contribution in [0.4, 0.5) is 4.39 Å². The average molecular weight is 261 g/mol. The van der Waals surface area contributed by atoms with Crippen LogP contribution >= 0.6 is 0 Å². The Morgan fingerprint density at radius 3 is 2.63 bits per heavy atom. The summed E-state index contributed by atoms with van der Waals surface area (Å²) in [5.41, 5.74) is 1.84. The molecular weight excluding hydrogens is 245 g/mol. The highest BCUT2D eigenvalue weighted by atomic mass is 19.1. The van der Waals surface area contributed by atoms with Gasteiger partial charge in [-0.25, -0.2) is 14.4 Å². The number of ether oxygens (including phenoxy) is 1. The summed E-state index contributed by atoms with van der Waals surface area (Å²) in [4.78, 5) is 8.03. The topological polar surface area (TPSA) is 47.0 Å². The molecule has 0 bridgehead atoms. The van der Waals surface area contributed by atoms with E-state index < -0.39 is 0 Å². The van der Waals surface area contributed by atoms with Gasteiger partial charge in [0.05, 0.1) is 13.2 Å². The van der Waals surface area contributed by atoms with Gasteiger partial charge in [0, 0.05) is 18.0 Å². The normalized spacial score (nSPS) is 12.2. The molecule has 0 amide bonds. The van der Waals surface area contributed by atoms with E-state index in [2.05, 4.69) is 15.3 Å². The van der Waals surface area contributed by atoms with E-state index in [1.54, 1.807) is 24.5 Å². The molecule has 1 heterocycles. The van der Waals surface area contributed by atoms with Gasteiger partial charge in [0.25, 0.3) is 0 Å². The van der Waals surface area contributed by atoms with E-state index in [1.807, 2.05) is 6.92 Å². The Hall–Kier alpha value is -2.01. The fraction of sp³-hybridized carbons (Fsp3) is 0.286. The van der Waals surface area contributed by atoms with Crippen LogP contribution in [0.3, 0.4) is 0 Å². The molecule has 1 atom stereocenters. The fourth-order valence-corrected chi connectivity index (χ4v) is 1.95. The van der Waals surface area contributed by atoms with Crippen molar-refractivity contribution in [3.05, 3.63) is 53.9 Å². The largest absolute Gasteiger partial charge is 0.494 e. The first-order valence-corrected chi connectivity index (χ1v) is 6.08. The molecule has 0 aliphatic rings. The predicted octanol–water partition coefficient (Wildman–Crippen LogP) is 2.32. The predicted molar refractivity (Wildman–Crippen MR) is 70.5 cm³/mol. The highest BCUT2D eigenvalue weighted by Crippen LogP contribution is 2.26. The minimum Gasteiger partial charge on any atom is -0.494 e. The van der Waals surface area contributed by atoms with E-state index in [-0.39, 0.29) is 17.6 Å². The number of hydrogen-bond donors (Lipinski definition) is 1. The van der Waals surface area contributed by atoms with Crippen molar-refractivity contribution < 1.29 is 9.13 Å². The van der Waals surface area contributed by atoms with Gasteiger partial charge in [0.1, 0.15) is 6.33 Å². The molecule has 1 N–H and O–H groups in total. The lowest BCUT2D eigenvalue weighted by molar-refractivity contribution is 0.385. The Balaban J connectivity index is 2.39. The Bertz CT molecular complexity index is 533. The number of nitrogens with one attached hydrogen (secondary N) is 1. The van der Waals surface area contributed by atoms with Gasteiger partial charge in [-0.3, -0.25) is 0 Å². The SMILES string of the molecule is CCNC(c1cncnc1)c1ccc(F)c(OC)c1. The van der Waals surface area contributed by atoms with Crippen LogP contribution in [-0.2, 0) is 0 Å². The van der Waals surface area contributed by atoms with E-state index >= 15 is 0 Å². The van der Waals surface area contributed by atoms with Crippen molar-refractivity contribution in [2.45, 2.75) is 13.0 Å². The average Bonchev–Trinajstić information content (AvgIpc) is 2.46. The number of hydrogen-bond acceptors (Lipinski definition) is 4. The molecule has 5 heteroatoms. The van der Waals surface area contributed by atoms with E-state index in [1.165, 1.54) is 19.5 Å². The third-order valence-corrected chi connectivity index (χ3v) is 2.83. The van der Waals surface area contributed by atoms with Crippen LogP contribution < -0.4 is 10.1 Å². The van der Waals surface area contributed by atoms with Crippen LogP contribution in [0.5, 0.6) is 5.75 Å². The Morgan fingerprint density at radius 1 is 1.26 bits per heavy atom. The highest BCUT2D eigenvalue weighted by molar-refractivity contribution is 5.36. The second-order valence-electron chi connectivity index (χ2n) is 4.06. The molecule has 1 unspecified atom stereocenters. The quantitative estimate of drug-likeness (QED) is 0.897. The zero-order valence-electron chi connectivity index (χ0n) is 10.9. The van der Waals surface area contributed by atoms with Crippen molar-refractivity contribution in [3.63, 3.8) is 0 Å². The minimum absolute atomic E-state index is 0.0827. The van der Waals surface area contributed by atoms with Crippen molar-refractivity contribution >= 4 is 0 Å². The summed E-state index contributed by atoms with van der Waals surface area (Å²) in [6.07, 6.45) is 4.98. The van der Waals surface area contributed by atoms with Crippen LogP contribution in [0.1, 0.15) is 24.1 Å². The first-order valence-electron chi connectivity index (χ1n) is 6.08. The molecule has 0 spiro atoms. The van der Waals surface area contributed by atoms with Gasteiger partial charge in [-0.2, -0.15) is 0 Å². The summed E-state index contributed by atoms with van der Waals surface area (Å²) in [5, 5.41) is 3.33. The number of benzene rings is 1. The first-order chi connectivity index (χ1) is 9.26. The molecular formula is C14H16FN3O. The van der Waals surface area contributed by atoms with E-state index in [0.29, 0.717) is 0 Å². The lowest BCUT2D eigenvalue weighted by Gasteiger charge is -2.18. The molecule has 0 saturated carbocycles. The molecule has 2 rings (SSSR count). The van der Waals surface area contributed by atoms with Crippen molar-refractivity contribution in [2.75, 3.05) is 13.7 Å². The molecule has 1 aromatic heterocycles. The van der Waals surface area contributed by atoms with Gasteiger partial charge in [0.2, 0.25) is 0 Å². The third kappa shape index (κ3) is 3.06. The molecule has 2 aromatic rings. The number of aromatic nitrogens is 2. The molecule has 1 aromatic carbocycles. The lowest BCUT2D eigenvalue weighted by Crippen LogP contribution is -2.22.